The van der Waals surface area contributed by atoms with Crippen LogP contribution in [-0.4, -0.2) is 50.0 Å². The van der Waals surface area contributed by atoms with E-state index < -0.39 is 0 Å². The third kappa shape index (κ3) is 2.10. The van der Waals surface area contributed by atoms with Crippen LogP contribution >= 0.6 is 0 Å². The van der Waals surface area contributed by atoms with Gasteiger partial charge in [0.2, 0.25) is 0 Å². The number of likely N-dealkylation sites (tertiary alicyclic amines) is 1. The first kappa shape index (κ1) is 9.61. The smallest absolute Gasteiger partial charge is 0.137 e. The van der Waals surface area contributed by atoms with Crippen molar-refractivity contribution in [1.29, 1.82) is 0 Å². The second-order valence-electron chi connectivity index (χ2n) is 3.89. The van der Waals surface area contributed by atoms with Crippen molar-refractivity contribution in [3.8, 4) is 0 Å². The number of nitrogens with zero attached hydrogens (tertiary/aromatic N) is 4. The molecule has 0 radical (unpaired) electrons. The molecular formula is C9H16N4O. The van der Waals surface area contributed by atoms with Crippen molar-refractivity contribution in [3.63, 3.8) is 0 Å². The van der Waals surface area contributed by atoms with E-state index in [1.165, 1.54) is 0 Å². The van der Waals surface area contributed by atoms with E-state index in [9.17, 15) is 5.11 Å². The molecule has 1 N–H and O–H groups in total. The SMILES string of the molecule is CC1CC(O)CN1CCn1cncn1. The molecular weight excluding hydrogens is 180 g/mol. The summed E-state index contributed by atoms with van der Waals surface area (Å²) >= 11 is 0. The Hall–Kier alpha value is -0.940. The summed E-state index contributed by atoms with van der Waals surface area (Å²) in [6, 6.07) is 0.480. The molecule has 78 valence electrons. The Balaban J connectivity index is 1.81. The molecule has 2 heterocycles. The van der Waals surface area contributed by atoms with Gasteiger partial charge < -0.3 is 5.11 Å². The van der Waals surface area contributed by atoms with Gasteiger partial charge >= 0.3 is 0 Å². The number of β-amino-alcohol motifs (C(OH)–C–C–N with tert-alkyl or cyclic N) is 1. The molecule has 2 atom stereocenters. The number of aromatic nitrogens is 3. The number of rotatable bonds is 3. The fourth-order valence-electron chi connectivity index (χ4n) is 1.96. The van der Waals surface area contributed by atoms with Gasteiger partial charge in [0, 0.05) is 19.1 Å². The predicted octanol–water partition coefficient (Wildman–Crippen LogP) is -0.267. The van der Waals surface area contributed by atoms with Crippen molar-refractivity contribution in [3.05, 3.63) is 12.7 Å². The molecule has 2 rings (SSSR count). The molecule has 0 bridgehead atoms. The molecule has 1 saturated heterocycles. The van der Waals surface area contributed by atoms with Gasteiger partial charge in [-0.25, -0.2) is 4.98 Å². The first-order valence-corrected chi connectivity index (χ1v) is 5.00. The fourth-order valence-corrected chi connectivity index (χ4v) is 1.96. The van der Waals surface area contributed by atoms with E-state index in [-0.39, 0.29) is 6.10 Å². The summed E-state index contributed by atoms with van der Waals surface area (Å²) in [6.07, 6.45) is 4.00. The lowest BCUT2D eigenvalue weighted by Crippen LogP contribution is -2.31. The van der Waals surface area contributed by atoms with Crippen LogP contribution in [-0.2, 0) is 6.54 Å². The van der Waals surface area contributed by atoms with Crippen molar-refractivity contribution < 1.29 is 5.11 Å². The third-order valence-corrected chi connectivity index (χ3v) is 2.76. The van der Waals surface area contributed by atoms with Crippen molar-refractivity contribution in [2.45, 2.75) is 32.0 Å². The van der Waals surface area contributed by atoms with Crippen LogP contribution in [0.4, 0.5) is 0 Å². The minimum Gasteiger partial charge on any atom is -0.392 e. The summed E-state index contributed by atoms with van der Waals surface area (Å²) in [5.41, 5.74) is 0. The minimum atomic E-state index is -0.152. The van der Waals surface area contributed by atoms with Crippen LogP contribution in [0.2, 0.25) is 0 Å². The van der Waals surface area contributed by atoms with Crippen LogP contribution in [0.1, 0.15) is 13.3 Å². The molecule has 2 unspecified atom stereocenters. The van der Waals surface area contributed by atoms with Crippen molar-refractivity contribution in [1.82, 2.24) is 19.7 Å². The van der Waals surface area contributed by atoms with Gasteiger partial charge in [-0.3, -0.25) is 9.58 Å². The van der Waals surface area contributed by atoms with Gasteiger partial charge in [0.05, 0.1) is 12.6 Å². The third-order valence-electron chi connectivity index (χ3n) is 2.76. The van der Waals surface area contributed by atoms with Gasteiger partial charge in [0.25, 0.3) is 0 Å². The quantitative estimate of drug-likeness (QED) is 0.723. The molecule has 1 aromatic heterocycles. The fraction of sp³-hybridized carbons (Fsp3) is 0.778. The average molecular weight is 196 g/mol. The largest absolute Gasteiger partial charge is 0.392 e. The molecule has 14 heavy (non-hydrogen) atoms. The van der Waals surface area contributed by atoms with E-state index >= 15 is 0 Å². The van der Waals surface area contributed by atoms with Crippen LogP contribution in [0.5, 0.6) is 0 Å². The highest BCUT2D eigenvalue weighted by molar-refractivity contribution is 4.81. The standard InChI is InChI=1S/C9H16N4O/c1-8-4-9(14)5-12(8)2-3-13-7-10-6-11-13/h6-9,14H,2-5H2,1H3. The van der Waals surface area contributed by atoms with Gasteiger partial charge in [-0.05, 0) is 13.3 Å². The Morgan fingerprint density at radius 1 is 1.50 bits per heavy atom. The maximum absolute atomic E-state index is 9.45. The van der Waals surface area contributed by atoms with Crippen LogP contribution in [0, 0.1) is 0 Å². The number of aliphatic hydroxyl groups excluding tert-OH is 1. The zero-order chi connectivity index (χ0) is 9.97. The first-order chi connectivity index (χ1) is 6.75. The molecule has 0 aromatic carbocycles. The monoisotopic (exact) mass is 196 g/mol. The molecule has 5 nitrogen and oxygen atoms in total. The number of hydrogen-bond donors (Lipinski definition) is 1. The second-order valence-corrected chi connectivity index (χ2v) is 3.89. The van der Waals surface area contributed by atoms with E-state index in [0.717, 1.165) is 26.1 Å². The molecule has 0 amide bonds. The average Bonchev–Trinajstić information content (AvgIpc) is 2.72. The van der Waals surface area contributed by atoms with Crippen LogP contribution in [0.3, 0.4) is 0 Å². The van der Waals surface area contributed by atoms with Gasteiger partial charge in [-0.15, -0.1) is 0 Å². The van der Waals surface area contributed by atoms with Crippen LogP contribution in [0.15, 0.2) is 12.7 Å². The summed E-state index contributed by atoms with van der Waals surface area (Å²) in [6.45, 7) is 4.71. The maximum atomic E-state index is 9.45. The molecule has 0 saturated carbocycles. The van der Waals surface area contributed by atoms with Crippen molar-refractivity contribution in [2.24, 2.45) is 0 Å². The van der Waals surface area contributed by atoms with E-state index in [1.807, 2.05) is 4.68 Å². The van der Waals surface area contributed by atoms with E-state index in [2.05, 4.69) is 21.9 Å². The van der Waals surface area contributed by atoms with E-state index in [1.54, 1.807) is 12.7 Å². The van der Waals surface area contributed by atoms with Crippen molar-refractivity contribution in [2.75, 3.05) is 13.1 Å². The Bertz CT molecular complexity index is 274. The minimum absolute atomic E-state index is 0.152. The second kappa shape index (κ2) is 4.06. The van der Waals surface area contributed by atoms with Crippen molar-refractivity contribution >= 4 is 0 Å². The maximum Gasteiger partial charge on any atom is 0.137 e. The highest BCUT2D eigenvalue weighted by Crippen LogP contribution is 2.16. The molecule has 1 aliphatic heterocycles. The molecule has 0 spiro atoms. The van der Waals surface area contributed by atoms with Crippen LogP contribution in [0.25, 0.3) is 0 Å². The zero-order valence-corrected chi connectivity index (χ0v) is 8.37. The summed E-state index contributed by atoms with van der Waals surface area (Å²) < 4.78 is 1.82. The Kier molecular flexibility index (Phi) is 2.79. The van der Waals surface area contributed by atoms with E-state index in [4.69, 9.17) is 0 Å². The summed E-state index contributed by atoms with van der Waals surface area (Å²) in [7, 11) is 0. The summed E-state index contributed by atoms with van der Waals surface area (Å²) in [5.74, 6) is 0. The highest BCUT2D eigenvalue weighted by atomic mass is 16.3. The molecule has 1 fully saturated rings. The lowest BCUT2D eigenvalue weighted by molar-refractivity contribution is 0.173. The highest BCUT2D eigenvalue weighted by Gasteiger charge is 2.26. The topological polar surface area (TPSA) is 54.2 Å². The Morgan fingerprint density at radius 2 is 2.36 bits per heavy atom. The van der Waals surface area contributed by atoms with Gasteiger partial charge in [0.1, 0.15) is 12.7 Å². The first-order valence-electron chi connectivity index (χ1n) is 5.00. The van der Waals surface area contributed by atoms with Gasteiger partial charge in [-0.2, -0.15) is 5.10 Å². The molecule has 0 aliphatic carbocycles. The van der Waals surface area contributed by atoms with E-state index in [0.29, 0.717) is 6.04 Å². The normalized spacial score (nSPS) is 28.4. The van der Waals surface area contributed by atoms with Gasteiger partial charge in [0.15, 0.2) is 0 Å². The summed E-state index contributed by atoms with van der Waals surface area (Å²) in [5, 5.41) is 13.5. The molecule has 1 aromatic rings. The lowest BCUT2D eigenvalue weighted by atomic mass is 10.2. The summed E-state index contributed by atoms with van der Waals surface area (Å²) in [4.78, 5) is 6.17. The lowest BCUT2D eigenvalue weighted by Gasteiger charge is -2.19. The predicted molar refractivity (Wildman–Crippen MR) is 51.7 cm³/mol. The van der Waals surface area contributed by atoms with Gasteiger partial charge in [-0.1, -0.05) is 0 Å². The Labute approximate surface area is 83.4 Å². The Morgan fingerprint density at radius 3 is 2.93 bits per heavy atom. The van der Waals surface area contributed by atoms with Crippen LogP contribution < -0.4 is 0 Å². The zero-order valence-electron chi connectivity index (χ0n) is 8.37. The molecule has 5 heteroatoms. The molecule has 1 aliphatic rings. The number of hydrogen-bond acceptors (Lipinski definition) is 4. The number of aliphatic hydroxyl groups is 1.